The minimum absolute atomic E-state index is 0.156. The molecular weight excluding hydrogens is 191 g/mol. The number of hydrogen-bond acceptors (Lipinski definition) is 1. The fourth-order valence-electron chi connectivity index (χ4n) is 2.31. The molecule has 0 saturated heterocycles. The standard InChI is InChI=1S/C10H18F3N/c1-14-7-6-8-4-2-3-5-9(8)10(11,12)13/h8-9,14H,2-7H2,1H3. The summed E-state index contributed by atoms with van der Waals surface area (Å²) in [6, 6.07) is 0. The van der Waals surface area contributed by atoms with E-state index in [1.54, 1.807) is 7.05 Å². The molecule has 4 heteroatoms. The highest BCUT2D eigenvalue weighted by molar-refractivity contribution is 4.80. The SMILES string of the molecule is CNCCC1CCCCC1C(F)(F)F. The van der Waals surface area contributed by atoms with E-state index in [0.29, 0.717) is 19.4 Å². The molecule has 0 aromatic carbocycles. The predicted octanol–water partition coefficient (Wildman–Crippen LogP) is 2.96. The van der Waals surface area contributed by atoms with E-state index in [1.165, 1.54) is 0 Å². The topological polar surface area (TPSA) is 12.0 Å². The zero-order valence-corrected chi connectivity index (χ0v) is 8.53. The van der Waals surface area contributed by atoms with E-state index in [2.05, 4.69) is 5.32 Å². The van der Waals surface area contributed by atoms with Gasteiger partial charge in [-0.25, -0.2) is 0 Å². The molecule has 1 aliphatic carbocycles. The van der Waals surface area contributed by atoms with Crippen molar-refractivity contribution in [3.63, 3.8) is 0 Å². The van der Waals surface area contributed by atoms with Crippen molar-refractivity contribution in [2.24, 2.45) is 11.8 Å². The van der Waals surface area contributed by atoms with Gasteiger partial charge < -0.3 is 5.32 Å². The molecule has 1 aliphatic rings. The highest BCUT2D eigenvalue weighted by Crippen LogP contribution is 2.42. The summed E-state index contributed by atoms with van der Waals surface area (Å²) >= 11 is 0. The molecule has 0 amide bonds. The molecule has 0 bridgehead atoms. The van der Waals surface area contributed by atoms with Gasteiger partial charge >= 0.3 is 6.18 Å². The summed E-state index contributed by atoms with van der Waals surface area (Å²) in [6.45, 7) is 0.692. The van der Waals surface area contributed by atoms with Gasteiger partial charge in [0.05, 0.1) is 5.92 Å². The normalized spacial score (nSPS) is 29.1. The van der Waals surface area contributed by atoms with E-state index in [-0.39, 0.29) is 5.92 Å². The van der Waals surface area contributed by atoms with Crippen LogP contribution in [0.2, 0.25) is 0 Å². The van der Waals surface area contributed by atoms with E-state index >= 15 is 0 Å². The second-order valence-corrected chi connectivity index (χ2v) is 4.08. The van der Waals surface area contributed by atoms with Gasteiger partial charge in [-0.1, -0.05) is 12.8 Å². The van der Waals surface area contributed by atoms with Crippen LogP contribution in [0.3, 0.4) is 0 Å². The Balaban J connectivity index is 2.50. The maximum atomic E-state index is 12.6. The molecule has 14 heavy (non-hydrogen) atoms. The van der Waals surface area contributed by atoms with Gasteiger partial charge in [-0.15, -0.1) is 0 Å². The van der Waals surface area contributed by atoms with Gasteiger partial charge in [0.2, 0.25) is 0 Å². The third-order valence-electron chi connectivity index (χ3n) is 3.09. The molecule has 0 aliphatic heterocycles. The molecule has 84 valence electrons. The monoisotopic (exact) mass is 209 g/mol. The van der Waals surface area contributed by atoms with E-state index < -0.39 is 12.1 Å². The molecule has 0 spiro atoms. The van der Waals surface area contributed by atoms with E-state index in [9.17, 15) is 13.2 Å². The minimum Gasteiger partial charge on any atom is -0.320 e. The Hall–Kier alpha value is -0.250. The Morgan fingerprint density at radius 1 is 1.21 bits per heavy atom. The van der Waals surface area contributed by atoms with Crippen LogP contribution in [0.1, 0.15) is 32.1 Å². The molecule has 0 radical (unpaired) electrons. The largest absolute Gasteiger partial charge is 0.392 e. The Morgan fingerprint density at radius 2 is 1.86 bits per heavy atom. The quantitative estimate of drug-likeness (QED) is 0.753. The zero-order valence-electron chi connectivity index (χ0n) is 8.53. The molecule has 0 aromatic heterocycles. The van der Waals surface area contributed by atoms with Crippen molar-refractivity contribution < 1.29 is 13.2 Å². The first-order chi connectivity index (χ1) is 6.55. The fourth-order valence-corrected chi connectivity index (χ4v) is 2.31. The van der Waals surface area contributed by atoms with Crippen molar-refractivity contribution >= 4 is 0 Å². The van der Waals surface area contributed by atoms with Crippen LogP contribution in [0.25, 0.3) is 0 Å². The van der Waals surface area contributed by atoms with Crippen LogP contribution in [0, 0.1) is 11.8 Å². The molecule has 1 N–H and O–H groups in total. The average molecular weight is 209 g/mol. The summed E-state index contributed by atoms with van der Waals surface area (Å²) in [5, 5.41) is 2.92. The van der Waals surface area contributed by atoms with Crippen LogP contribution < -0.4 is 5.32 Å². The highest BCUT2D eigenvalue weighted by Gasteiger charge is 2.44. The Bertz CT molecular complexity index is 167. The summed E-state index contributed by atoms with van der Waals surface area (Å²) in [5.74, 6) is -1.21. The van der Waals surface area contributed by atoms with Gasteiger partial charge in [0.15, 0.2) is 0 Å². The van der Waals surface area contributed by atoms with Gasteiger partial charge in [0.25, 0.3) is 0 Å². The van der Waals surface area contributed by atoms with Crippen molar-refractivity contribution in [1.82, 2.24) is 5.32 Å². The molecule has 1 rings (SSSR count). The summed E-state index contributed by atoms with van der Waals surface area (Å²) in [5.41, 5.74) is 0. The molecule has 0 aromatic rings. The summed E-state index contributed by atoms with van der Waals surface area (Å²) in [7, 11) is 1.78. The molecule has 1 nitrogen and oxygen atoms in total. The number of halogens is 3. The first-order valence-electron chi connectivity index (χ1n) is 5.27. The molecule has 1 saturated carbocycles. The minimum atomic E-state index is -3.99. The lowest BCUT2D eigenvalue weighted by molar-refractivity contribution is -0.196. The second kappa shape index (κ2) is 5.01. The van der Waals surface area contributed by atoms with Crippen molar-refractivity contribution in [3.8, 4) is 0 Å². The second-order valence-electron chi connectivity index (χ2n) is 4.08. The van der Waals surface area contributed by atoms with Gasteiger partial charge in [-0.05, 0) is 38.8 Å². The smallest absolute Gasteiger partial charge is 0.320 e. The van der Waals surface area contributed by atoms with Crippen LogP contribution in [-0.2, 0) is 0 Å². The van der Waals surface area contributed by atoms with E-state index in [1.807, 2.05) is 0 Å². The van der Waals surface area contributed by atoms with E-state index in [0.717, 1.165) is 19.3 Å². The van der Waals surface area contributed by atoms with Gasteiger partial charge in [0.1, 0.15) is 0 Å². The van der Waals surface area contributed by atoms with Crippen LogP contribution >= 0.6 is 0 Å². The molecule has 0 heterocycles. The lowest BCUT2D eigenvalue weighted by Crippen LogP contribution is -2.34. The third kappa shape index (κ3) is 3.15. The predicted molar refractivity (Wildman–Crippen MR) is 50.0 cm³/mol. The van der Waals surface area contributed by atoms with Crippen LogP contribution in [0.4, 0.5) is 13.2 Å². The Labute approximate surface area is 83.1 Å². The first kappa shape index (κ1) is 11.8. The van der Waals surface area contributed by atoms with Crippen LogP contribution in [0.5, 0.6) is 0 Å². The van der Waals surface area contributed by atoms with Crippen LogP contribution in [-0.4, -0.2) is 19.8 Å². The lowest BCUT2D eigenvalue weighted by Gasteiger charge is -2.33. The number of rotatable bonds is 3. The number of alkyl halides is 3. The van der Waals surface area contributed by atoms with Crippen LogP contribution in [0.15, 0.2) is 0 Å². The lowest BCUT2D eigenvalue weighted by atomic mass is 9.77. The fraction of sp³-hybridized carbons (Fsp3) is 1.00. The van der Waals surface area contributed by atoms with Gasteiger partial charge in [0, 0.05) is 0 Å². The van der Waals surface area contributed by atoms with Gasteiger partial charge in [-0.2, -0.15) is 13.2 Å². The maximum absolute atomic E-state index is 12.6. The first-order valence-corrected chi connectivity index (χ1v) is 5.27. The highest BCUT2D eigenvalue weighted by atomic mass is 19.4. The molecule has 2 atom stereocenters. The van der Waals surface area contributed by atoms with Crippen molar-refractivity contribution in [2.75, 3.05) is 13.6 Å². The molecular formula is C10H18F3N. The van der Waals surface area contributed by atoms with Crippen molar-refractivity contribution in [2.45, 2.75) is 38.3 Å². The Morgan fingerprint density at radius 3 is 2.43 bits per heavy atom. The summed E-state index contributed by atoms with van der Waals surface area (Å²) in [4.78, 5) is 0. The number of nitrogens with one attached hydrogen (secondary N) is 1. The Kier molecular flexibility index (Phi) is 4.23. The summed E-state index contributed by atoms with van der Waals surface area (Å²) in [6.07, 6.45) is -0.565. The molecule has 1 fully saturated rings. The zero-order chi connectivity index (χ0) is 10.6. The third-order valence-corrected chi connectivity index (χ3v) is 3.09. The maximum Gasteiger partial charge on any atom is 0.392 e. The van der Waals surface area contributed by atoms with Crippen molar-refractivity contribution in [1.29, 1.82) is 0 Å². The van der Waals surface area contributed by atoms with E-state index in [4.69, 9.17) is 0 Å². The molecule has 2 unspecified atom stereocenters. The number of hydrogen-bond donors (Lipinski definition) is 1. The van der Waals surface area contributed by atoms with Gasteiger partial charge in [-0.3, -0.25) is 0 Å². The average Bonchev–Trinajstić information content (AvgIpc) is 2.14. The van der Waals surface area contributed by atoms with Crippen molar-refractivity contribution in [3.05, 3.63) is 0 Å². The summed E-state index contributed by atoms with van der Waals surface area (Å²) < 4.78 is 37.8.